The van der Waals surface area contributed by atoms with Crippen molar-refractivity contribution in [1.29, 1.82) is 0 Å². The summed E-state index contributed by atoms with van der Waals surface area (Å²) in [6, 6.07) is 3.08. The van der Waals surface area contributed by atoms with Gasteiger partial charge in [-0.2, -0.15) is 0 Å². The van der Waals surface area contributed by atoms with E-state index in [4.69, 9.17) is 0 Å². The highest BCUT2D eigenvalue weighted by Crippen LogP contribution is 2.09. The summed E-state index contributed by atoms with van der Waals surface area (Å²) in [5.41, 5.74) is 0.525. The number of aromatic amines is 1. The average Bonchev–Trinajstić information content (AvgIpc) is 2.74. The van der Waals surface area contributed by atoms with Gasteiger partial charge in [-0.3, -0.25) is 9.59 Å². The molecule has 1 unspecified atom stereocenters. The SMILES string of the molecule is CC1C(=O)NCCN1C(=O)c1ccc[nH]1. The molecule has 1 aliphatic rings. The molecule has 0 aliphatic carbocycles. The van der Waals surface area contributed by atoms with Crippen molar-refractivity contribution in [2.24, 2.45) is 0 Å². The van der Waals surface area contributed by atoms with Crippen LogP contribution < -0.4 is 5.32 Å². The number of hydrogen-bond acceptors (Lipinski definition) is 2. The van der Waals surface area contributed by atoms with Crippen molar-refractivity contribution in [3.63, 3.8) is 0 Å². The van der Waals surface area contributed by atoms with Crippen LogP contribution in [-0.4, -0.2) is 40.8 Å². The monoisotopic (exact) mass is 207 g/mol. The zero-order valence-electron chi connectivity index (χ0n) is 8.49. The zero-order valence-corrected chi connectivity index (χ0v) is 8.49. The highest BCUT2D eigenvalue weighted by atomic mass is 16.2. The maximum atomic E-state index is 11.9. The molecule has 15 heavy (non-hydrogen) atoms. The van der Waals surface area contributed by atoms with Crippen molar-refractivity contribution in [2.75, 3.05) is 13.1 Å². The Morgan fingerprint density at radius 1 is 1.60 bits per heavy atom. The summed E-state index contributed by atoms with van der Waals surface area (Å²) >= 11 is 0. The molecule has 0 radical (unpaired) electrons. The zero-order chi connectivity index (χ0) is 10.8. The highest BCUT2D eigenvalue weighted by molar-refractivity contribution is 5.96. The number of carbonyl (C=O) groups is 2. The first-order valence-electron chi connectivity index (χ1n) is 4.92. The van der Waals surface area contributed by atoms with Gasteiger partial charge in [0.2, 0.25) is 5.91 Å². The van der Waals surface area contributed by atoms with E-state index < -0.39 is 6.04 Å². The molecule has 5 heteroatoms. The molecule has 1 atom stereocenters. The van der Waals surface area contributed by atoms with Crippen molar-refractivity contribution in [2.45, 2.75) is 13.0 Å². The van der Waals surface area contributed by atoms with Gasteiger partial charge in [0.1, 0.15) is 11.7 Å². The maximum Gasteiger partial charge on any atom is 0.270 e. The van der Waals surface area contributed by atoms with Crippen molar-refractivity contribution < 1.29 is 9.59 Å². The van der Waals surface area contributed by atoms with E-state index in [0.29, 0.717) is 18.8 Å². The topological polar surface area (TPSA) is 65.2 Å². The van der Waals surface area contributed by atoms with Crippen LogP contribution in [0.3, 0.4) is 0 Å². The minimum Gasteiger partial charge on any atom is -0.357 e. The first-order chi connectivity index (χ1) is 7.20. The largest absolute Gasteiger partial charge is 0.357 e. The van der Waals surface area contributed by atoms with Crippen LogP contribution in [-0.2, 0) is 4.79 Å². The Kier molecular flexibility index (Phi) is 2.45. The van der Waals surface area contributed by atoms with Gasteiger partial charge in [0.15, 0.2) is 0 Å². The van der Waals surface area contributed by atoms with Crippen molar-refractivity contribution in [1.82, 2.24) is 15.2 Å². The third-order valence-corrected chi connectivity index (χ3v) is 2.59. The Bertz CT molecular complexity index is 372. The Morgan fingerprint density at radius 2 is 2.40 bits per heavy atom. The summed E-state index contributed by atoms with van der Waals surface area (Å²) in [6.07, 6.45) is 1.70. The molecule has 80 valence electrons. The number of H-pyrrole nitrogens is 1. The molecule has 2 N–H and O–H groups in total. The van der Waals surface area contributed by atoms with Gasteiger partial charge in [-0.05, 0) is 19.1 Å². The van der Waals surface area contributed by atoms with Crippen molar-refractivity contribution in [3.05, 3.63) is 24.0 Å². The van der Waals surface area contributed by atoms with E-state index in [1.807, 2.05) is 0 Å². The number of piperazine rings is 1. The molecule has 1 aromatic rings. The number of hydrogen-bond donors (Lipinski definition) is 2. The van der Waals surface area contributed by atoms with E-state index in [9.17, 15) is 9.59 Å². The quantitative estimate of drug-likeness (QED) is 0.679. The van der Waals surface area contributed by atoms with Crippen molar-refractivity contribution in [3.8, 4) is 0 Å². The van der Waals surface area contributed by atoms with Gasteiger partial charge >= 0.3 is 0 Å². The average molecular weight is 207 g/mol. The minimum absolute atomic E-state index is 0.0962. The van der Waals surface area contributed by atoms with Crippen LogP contribution >= 0.6 is 0 Å². The van der Waals surface area contributed by atoms with E-state index in [1.54, 1.807) is 30.2 Å². The van der Waals surface area contributed by atoms with E-state index in [-0.39, 0.29) is 11.8 Å². The number of carbonyl (C=O) groups excluding carboxylic acids is 2. The van der Waals surface area contributed by atoms with Gasteiger partial charge in [-0.15, -0.1) is 0 Å². The van der Waals surface area contributed by atoms with Gasteiger partial charge in [0.25, 0.3) is 5.91 Å². The van der Waals surface area contributed by atoms with Crippen LogP contribution in [0, 0.1) is 0 Å². The summed E-state index contributed by atoms with van der Waals surface area (Å²) in [7, 11) is 0. The normalized spacial score (nSPS) is 21.3. The van der Waals surface area contributed by atoms with Gasteiger partial charge in [-0.25, -0.2) is 0 Å². The van der Waals surface area contributed by atoms with E-state index in [2.05, 4.69) is 10.3 Å². The van der Waals surface area contributed by atoms with Crippen LogP contribution in [0.1, 0.15) is 17.4 Å². The summed E-state index contributed by atoms with van der Waals surface area (Å²) in [5.74, 6) is -0.219. The standard InChI is InChI=1S/C10H13N3O2/c1-7-9(14)12-5-6-13(7)10(15)8-3-2-4-11-8/h2-4,7,11H,5-6H2,1H3,(H,12,14). The summed E-state index contributed by atoms with van der Waals surface area (Å²) in [4.78, 5) is 27.7. The minimum atomic E-state index is -0.394. The second-order valence-electron chi connectivity index (χ2n) is 3.55. The van der Waals surface area contributed by atoms with Crippen LogP contribution in [0.5, 0.6) is 0 Å². The fourth-order valence-corrected chi connectivity index (χ4v) is 1.68. The lowest BCUT2D eigenvalue weighted by Gasteiger charge is -2.32. The second kappa shape index (κ2) is 3.76. The molecule has 1 fully saturated rings. The fourth-order valence-electron chi connectivity index (χ4n) is 1.68. The number of aromatic nitrogens is 1. The lowest BCUT2D eigenvalue weighted by Crippen LogP contribution is -2.55. The molecular formula is C10H13N3O2. The summed E-state index contributed by atoms with van der Waals surface area (Å²) in [5, 5.41) is 2.72. The molecule has 0 bridgehead atoms. The molecule has 0 spiro atoms. The first kappa shape index (κ1) is 9.76. The highest BCUT2D eigenvalue weighted by Gasteiger charge is 2.29. The molecule has 1 saturated heterocycles. The Labute approximate surface area is 87.5 Å². The van der Waals surface area contributed by atoms with E-state index in [0.717, 1.165) is 0 Å². The predicted molar refractivity (Wildman–Crippen MR) is 54.3 cm³/mol. The van der Waals surface area contributed by atoms with Crippen LogP contribution in [0.15, 0.2) is 18.3 Å². The lowest BCUT2D eigenvalue weighted by atomic mass is 10.2. The first-order valence-corrected chi connectivity index (χ1v) is 4.92. The predicted octanol–water partition coefficient (Wildman–Crippen LogP) is -0.0248. The number of nitrogens with one attached hydrogen (secondary N) is 2. The molecule has 1 aromatic heterocycles. The van der Waals surface area contributed by atoms with Gasteiger partial charge in [-0.1, -0.05) is 0 Å². The third-order valence-electron chi connectivity index (χ3n) is 2.59. The Balaban J connectivity index is 2.16. The second-order valence-corrected chi connectivity index (χ2v) is 3.55. The molecule has 0 saturated carbocycles. The maximum absolute atomic E-state index is 11.9. The van der Waals surface area contributed by atoms with E-state index >= 15 is 0 Å². The van der Waals surface area contributed by atoms with Crippen LogP contribution in [0.25, 0.3) is 0 Å². The molecule has 2 heterocycles. The number of nitrogens with zero attached hydrogens (tertiary/aromatic N) is 1. The fraction of sp³-hybridized carbons (Fsp3) is 0.400. The summed E-state index contributed by atoms with van der Waals surface area (Å²) in [6.45, 7) is 2.82. The van der Waals surface area contributed by atoms with Crippen LogP contribution in [0.2, 0.25) is 0 Å². The molecule has 5 nitrogen and oxygen atoms in total. The Hall–Kier alpha value is -1.78. The number of rotatable bonds is 1. The van der Waals surface area contributed by atoms with Crippen molar-refractivity contribution >= 4 is 11.8 Å². The molecule has 0 aromatic carbocycles. The van der Waals surface area contributed by atoms with Crippen LogP contribution in [0.4, 0.5) is 0 Å². The molecular weight excluding hydrogens is 194 g/mol. The van der Waals surface area contributed by atoms with Gasteiger partial charge in [0, 0.05) is 19.3 Å². The number of amides is 2. The van der Waals surface area contributed by atoms with Gasteiger partial charge < -0.3 is 15.2 Å². The molecule has 1 aliphatic heterocycles. The lowest BCUT2D eigenvalue weighted by molar-refractivity contribution is -0.127. The van der Waals surface area contributed by atoms with Gasteiger partial charge in [0.05, 0.1) is 0 Å². The van der Waals surface area contributed by atoms with E-state index in [1.165, 1.54) is 0 Å². The smallest absolute Gasteiger partial charge is 0.270 e. The third kappa shape index (κ3) is 1.72. The summed E-state index contributed by atoms with van der Waals surface area (Å²) < 4.78 is 0. The molecule has 2 rings (SSSR count). The Morgan fingerprint density at radius 3 is 3.07 bits per heavy atom. The molecule has 2 amide bonds.